The van der Waals surface area contributed by atoms with Crippen molar-refractivity contribution in [3.05, 3.63) is 52.4 Å². The molecule has 0 aliphatic heterocycles. The first-order chi connectivity index (χ1) is 12.1. The summed E-state index contributed by atoms with van der Waals surface area (Å²) in [6, 6.07) is 10.3. The molecule has 4 N–H and O–H groups in total. The molecule has 4 rings (SSSR count). The number of H-pyrrole nitrogens is 2. The van der Waals surface area contributed by atoms with Crippen LogP contribution in [0.2, 0.25) is 0 Å². The molecule has 0 fully saturated rings. The van der Waals surface area contributed by atoms with Gasteiger partial charge in [0, 0.05) is 11.3 Å². The number of nitrogens with one attached hydrogen (secondary N) is 4. The van der Waals surface area contributed by atoms with Gasteiger partial charge in [-0.25, -0.2) is 4.79 Å². The lowest BCUT2D eigenvalue weighted by atomic mass is 10.2. The van der Waals surface area contributed by atoms with Crippen LogP contribution in [0.5, 0.6) is 0 Å². The predicted molar refractivity (Wildman–Crippen MR) is 100 cm³/mol. The maximum absolute atomic E-state index is 12.3. The third-order valence-electron chi connectivity index (χ3n) is 3.52. The third-order valence-corrected chi connectivity index (χ3v) is 4.28. The zero-order valence-corrected chi connectivity index (χ0v) is 14.1. The monoisotopic (exact) mass is 370 g/mol. The molecule has 8 nitrogen and oxygen atoms in total. The highest BCUT2D eigenvalue weighted by Crippen LogP contribution is 2.15. The lowest BCUT2D eigenvalue weighted by molar-refractivity contribution is 0.0978. The van der Waals surface area contributed by atoms with E-state index in [2.05, 4.69) is 29.3 Å². The number of carbonyl (C=O) groups is 1. The minimum atomic E-state index is -0.344. The summed E-state index contributed by atoms with van der Waals surface area (Å²) in [7, 11) is 0. The summed E-state index contributed by atoms with van der Waals surface area (Å²) in [5, 5.41) is 5.68. The summed E-state index contributed by atoms with van der Waals surface area (Å²) >= 11 is 6.26. The molecule has 0 aliphatic carbocycles. The largest absolute Gasteiger partial charge is 0.332 e. The molecular formula is C15H10N6O2S2. The van der Waals surface area contributed by atoms with Crippen LogP contribution in [0.4, 0.5) is 5.69 Å². The fourth-order valence-electron chi connectivity index (χ4n) is 2.37. The highest BCUT2D eigenvalue weighted by atomic mass is 32.1. The Hall–Kier alpha value is -3.11. The van der Waals surface area contributed by atoms with E-state index in [0.29, 0.717) is 27.8 Å². The van der Waals surface area contributed by atoms with E-state index < -0.39 is 0 Å². The van der Waals surface area contributed by atoms with Crippen LogP contribution in [0.3, 0.4) is 0 Å². The van der Waals surface area contributed by atoms with Crippen LogP contribution < -0.4 is 16.3 Å². The summed E-state index contributed by atoms with van der Waals surface area (Å²) in [6.45, 7) is 0. The van der Waals surface area contributed by atoms with E-state index in [4.69, 9.17) is 12.2 Å². The Morgan fingerprint density at radius 2 is 1.84 bits per heavy atom. The normalized spacial score (nSPS) is 10.9. The van der Waals surface area contributed by atoms with Gasteiger partial charge in [-0.2, -0.15) is 8.75 Å². The van der Waals surface area contributed by atoms with Gasteiger partial charge < -0.3 is 15.3 Å². The van der Waals surface area contributed by atoms with E-state index in [-0.39, 0.29) is 16.7 Å². The molecule has 0 saturated carbocycles. The van der Waals surface area contributed by atoms with Crippen molar-refractivity contribution < 1.29 is 4.79 Å². The first kappa shape index (κ1) is 15.4. The van der Waals surface area contributed by atoms with E-state index in [1.807, 2.05) is 0 Å². The molecule has 2 aromatic carbocycles. The number of rotatable bonds is 2. The Balaban J connectivity index is 1.48. The van der Waals surface area contributed by atoms with Gasteiger partial charge in [0.05, 0.1) is 22.8 Å². The van der Waals surface area contributed by atoms with E-state index >= 15 is 0 Å². The summed E-state index contributed by atoms with van der Waals surface area (Å²) < 4.78 is 8.21. The summed E-state index contributed by atoms with van der Waals surface area (Å²) in [6.07, 6.45) is 0. The van der Waals surface area contributed by atoms with Crippen LogP contribution in [0.25, 0.3) is 22.1 Å². The second kappa shape index (κ2) is 6.07. The number of hydrogen-bond acceptors (Lipinski definition) is 6. The molecule has 4 aromatic rings. The highest BCUT2D eigenvalue weighted by Gasteiger charge is 2.10. The number of aromatic nitrogens is 4. The Kier molecular flexibility index (Phi) is 3.75. The Morgan fingerprint density at radius 1 is 1.04 bits per heavy atom. The zero-order chi connectivity index (χ0) is 17.4. The molecule has 1 amide bonds. The quantitative estimate of drug-likeness (QED) is 0.401. The zero-order valence-electron chi connectivity index (χ0n) is 12.5. The van der Waals surface area contributed by atoms with E-state index in [1.165, 1.54) is 0 Å². The number of benzene rings is 2. The number of thiocarbonyl (C=S) groups is 1. The third kappa shape index (κ3) is 3.12. The number of amides is 1. The van der Waals surface area contributed by atoms with Crippen molar-refractivity contribution in [3.63, 3.8) is 0 Å². The van der Waals surface area contributed by atoms with Crippen molar-refractivity contribution in [2.45, 2.75) is 0 Å². The first-order valence-electron chi connectivity index (χ1n) is 7.15. The van der Waals surface area contributed by atoms with Gasteiger partial charge in [0.25, 0.3) is 5.91 Å². The van der Waals surface area contributed by atoms with Crippen LogP contribution in [-0.2, 0) is 0 Å². The van der Waals surface area contributed by atoms with Crippen LogP contribution in [0, 0.1) is 0 Å². The maximum Gasteiger partial charge on any atom is 0.323 e. The number of fused-ring (bicyclic) bond motifs is 2. The molecule has 2 aromatic heterocycles. The SMILES string of the molecule is O=C(NC(=S)Nc1ccc2[nH]c(=O)[nH]c2c1)c1ccc2nsnc2c1. The number of aromatic amines is 2. The first-order valence-corrected chi connectivity index (χ1v) is 8.29. The lowest BCUT2D eigenvalue weighted by Crippen LogP contribution is -2.34. The van der Waals surface area contributed by atoms with Crippen LogP contribution >= 0.6 is 23.9 Å². The van der Waals surface area contributed by atoms with Crippen molar-refractivity contribution in [3.8, 4) is 0 Å². The fraction of sp³-hybridized carbons (Fsp3) is 0. The van der Waals surface area contributed by atoms with Gasteiger partial charge in [0.2, 0.25) is 0 Å². The Morgan fingerprint density at radius 3 is 2.72 bits per heavy atom. The Bertz CT molecular complexity index is 1180. The average Bonchev–Trinajstić information content (AvgIpc) is 3.18. The molecule has 0 atom stereocenters. The maximum atomic E-state index is 12.3. The smallest absolute Gasteiger partial charge is 0.323 e. The average molecular weight is 370 g/mol. The summed E-state index contributed by atoms with van der Waals surface area (Å²) in [5.74, 6) is -0.344. The molecule has 0 saturated heterocycles. The predicted octanol–water partition coefficient (Wildman–Crippen LogP) is 1.99. The van der Waals surface area contributed by atoms with Crippen molar-refractivity contribution in [1.29, 1.82) is 0 Å². The molecule has 0 aliphatic rings. The van der Waals surface area contributed by atoms with E-state index in [9.17, 15) is 9.59 Å². The van der Waals surface area contributed by atoms with Gasteiger partial charge in [-0.15, -0.1) is 0 Å². The summed E-state index contributed by atoms with van der Waals surface area (Å²) in [5.41, 5.74) is 3.55. The number of hydrogen-bond donors (Lipinski definition) is 4. The minimum Gasteiger partial charge on any atom is -0.332 e. The minimum absolute atomic E-state index is 0.152. The van der Waals surface area contributed by atoms with E-state index in [0.717, 1.165) is 17.2 Å². The second-order valence-electron chi connectivity index (χ2n) is 5.22. The number of carbonyl (C=O) groups excluding carboxylic acids is 1. The van der Waals surface area contributed by atoms with Gasteiger partial charge in [-0.05, 0) is 48.6 Å². The molecule has 0 spiro atoms. The second-order valence-corrected chi connectivity index (χ2v) is 6.15. The van der Waals surface area contributed by atoms with Gasteiger partial charge in [0.1, 0.15) is 11.0 Å². The molecule has 25 heavy (non-hydrogen) atoms. The van der Waals surface area contributed by atoms with Crippen molar-refractivity contribution in [2.75, 3.05) is 5.32 Å². The molecule has 10 heteroatoms. The van der Waals surface area contributed by atoms with Gasteiger partial charge in [-0.1, -0.05) is 0 Å². The number of imidazole rings is 1. The molecule has 0 bridgehead atoms. The van der Waals surface area contributed by atoms with Crippen molar-refractivity contribution >= 4 is 62.7 Å². The van der Waals surface area contributed by atoms with Gasteiger partial charge >= 0.3 is 5.69 Å². The Labute approximate surface area is 149 Å². The van der Waals surface area contributed by atoms with Crippen molar-refractivity contribution in [1.82, 2.24) is 24.0 Å². The van der Waals surface area contributed by atoms with Crippen molar-refractivity contribution in [2.24, 2.45) is 0 Å². The number of nitrogens with zero attached hydrogens (tertiary/aromatic N) is 2. The lowest BCUT2D eigenvalue weighted by Gasteiger charge is -2.09. The molecule has 124 valence electrons. The molecule has 0 unspecified atom stereocenters. The topological polar surface area (TPSA) is 116 Å². The van der Waals surface area contributed by atoms with Crippen LogP contribution in [0.15, 0.2) is 41.2 Å². The van der Waals surface area contributed by atoms with Gasteiger partial charge in [-0.3, -0.25) is 10.1 Å². The summed E-state index contributed by atoms with van der Waals surface area (Å²) in [4.78, 5) is 28.9. The molecule has 0 radical (unpaired) electrons. The molecule has 2 heterocycles. The number of anilines is 1. The van der Waals surface area contributed by atoms with E-state index in [1.54, 1.807) is 36.4 Å². The van der Waals surface area contributed by atoms with Crippen LogP contribution in [0.1, 0.15) is 10.4 Å². The standard InChI is InChI=1S/C15H10N6O2S2/c22-13(7-1-3-10-12(5-7)21-25-20-10)19-15(24)16-8-2-4-9-11(6-8)18-14(23)17-9/h1-6H,(H2,17,18,23)(H2,16,19,22,24). The highest BCUT2D eigenvalue weighted by molar-refractivity contribution is 7.80. The molecular weight excluding hydrogens is 360 g/mol. The van der Waals surface area contributed by atoms with Gasteiger partial charge in [0.15, 0.2) is 5.11 Å². The van der Waals surface area contributed by atoms with Crippen LogP contribution in [-0.4, -0.2) is 29.7 Å². The fourth-order valence-corrected chi connectivity index (χ4v) is 3.10.